The first-order valence-corrected chi connectivity index (χ1v) is 17.3. The average Bonchev–Trinajstić information content (AvgIpc) is 2.87. The van der Waals surface area contributed by atoms with Gasteiger partial charge in [-0.05, 0) is 0 Å². The molecule has 0 fully saturated rings. The third-order valence-corrected chi connectivity index (χ3v) is 18.8. The Kier molecular flexibility index (Phi) is 13.1. The SMILES string of the molecule is CCCC.Cl.c1ccc([P]([Pd][P](c2ccccc2)c2ccccc2)c2ccccc2)cc1. The van der Waals surface area contributed by atoms with Crippen molar-refractivity contribution in [1.29, 1.82) is 0 Å². The molecule has 0 aliphatic heterocycles. The first-order chi connectivity index (χ1) is 15.3. The molecule has 0 heterocycles. The molecule has 0 aromatic heterocycles. The monoisotopic (exact) mass is 570 g/mol. The quantitative estimate of drug-likeness (QED) is 0.160. The normalized spacial score (nSPS) is 10.4. The number of halogens is 1. The van der Waals surface area contributed by atoms with E-state index in [1.807, 2.05) is 0 Å². The molecule has 170 valence electrons. The van der Waals surface area contributed by atoms with Gasteiger partial charge in [-0.15, -0.1) is 12.4 Å². The summed E-state index contributed by atoms with van der Waals surface area (Å²) < 4.78 is 0. The van der Waals surface area contributed by atoms with Gasteiger partial charge in [0.05, 0.1) is 0 Å². The number of benzene rings is 4. The second-order valence-corrected chi connectivity index (χ2v) is 17.5. The van der Waals surface area contributed by atoms with Gasteiger partial charge in [-0.1, -0.05) is 26.7 Å². The zero-order valence-electron chi connectivity index (χ0n) is 18.6. The maximum atomic E-state index is 2.31. The second-order valence-electron chi connectivity index (χ2n) is 6.91. The maximum absolute atomic E-state index is 2.31. The van der Waals surface area contributed by atoms with E-state index in [0.717, 1.165) is 0 Å². The number of hydrogen-bond donors (Lipinski definition) is 0. The molecule has 4 aromatic rings. The Morgan fingerprint density at radius 1 is 0.438 bits per heavy atom. The van der Waals surface area contributed by atoms with E-state index >= 15 is 0 Å². The van der Waals surface area contributed by atoms with Crippen molar-refractivity contribution in [2.75, 3.05) is 0 Å². The number of rotatable bonds is 7. The zero-order valence-corrected chi connectivity index (χ0v) is 22.7. The molecule has 0 spiro atoms. The molecule has 0 amide bonds. The van der Waals surface area contributed by atoms with Crippen molar-refractivity contribution in [3.63, 3.8) is 0 Å². The van der Waals surface area contributed by atoms with Gasteiger partial charge >= 0.3 is 172 Å². The van der Waals surface area contributed by atoms with Crippen molar-refractivity contribution < 1.29 is 17.0 Å². The average molecular weight is 571 g/mol. The topological polar surface area (TPSA) is 0 Å². The summed E-state index contributed by atoms with van der Waals surface area (Å²) in [5.74, 6) is 0. The molecule has 0 unspecified atom stereocenters. The van der Waals surface area contributed by atoms with Crippen molar-refractivity contribution >= 4 is 45.8 Å². The van der Waals surface area contributed by atoms with E-state index in [2.05, 4.69) is 135 Å². The van der Waals surface area contributed by atoms with E-state index < -0.39 is 0 Å². The van der Waals surface area contributed by atoms with Gasteiger partial charge in [0.15, 0.2) is 0 Å². The van der Waals surface area contributed by atoms with Crippen molar-refractivity contribution in [1.82, 2.24) is 0 Å². The van der Waals surface area contributed by atoms with Crippen LogP contribution >= 0.6 is 24.6 Å². The molecular weight excluding hydrogens is 540 g/mol. The van der Waals surface area contributed by atoms with Crippen LogP contribution in [0.1, 0.15) is 26.7 Å². The Morgan fingerprint density at radius 2 is 0.656 bits per heavy atom. The van der Waals surface area contributed by atoms with Gasteiger partial charge in [0.25, 0.3) is 0 Å². The minimum absolute atomic E-state index is 0. The van der Waals surface area contributed by atoms with Gasteiger partial charge in [0.1, 0.15) is 0 Å². The van der Waals surface area contributed by atoms with Gasteiger partial charge in [0.2, 0.25) is 0 Å². The standard InChI is InChI=1S/2C12H10P.C4H10.ClH.Pd/c2*1-3-7-11(8-4-1)13-12-9-5-2-6-10-12;1-3-4-2;;/h2*1-10H;3-4H2,1-2H3;1H;/q2*-1;;;+2. The predicted octanol–water partition coefficient (Wildman–Crippen LogP) is 7.39. The van der Waals surface area contributed by atoms with Crippen LogP contribution in [0.4, 0.5) is 0 Å². The Hall–Kier alpha value is -1.31. The summed E-state index contributed by atoms with van der Waals surface area (Å²) >= 11 is 0.598. The van der Waals surface area contributed by atoms with Crippen LogP contribution in [0.25, 0.3) is 0 Å². The summed E-state index contributed by atoms with van der Waals surface area (Å²) in [6.45, 7) is 4.36. The van der Waals surface area contributed by atoms with Crippen molar-refractivity contribution in [3.8, 4) is 0 Å². The summed E-state index contributed by atoms with van der Waals surface area (Å²) in [6.07, 6.45) is 1.92. The van der Waals surface area contributed by atoms with E-state index in [4.69, 9.17) is 0 Å². The molecule has 0 N–H and O–H groups in total. The van der Waals surface area contributed by atoms with E-state index in [9.17, 15) is 0 Å². The Bertz CT molecular complexity index is 821. The summed E-state index contributed by atoms with van der Waals surface area (Å²) in [6, 6.07) is 44.3. The Balaban J connectivity index is 0.000000672. The summed E-state index contributed by atoms with van der Waals surface area (Å²) in [5.41, 5.74) is 0. The molecule has 4 aromatic carbocycles. The Morgan fingerprint density at radius 3 is 0.844 bits per heavy atom. The first kappa shape index (κ1) is 26.9. The zero-order chi connectivity index (χ0) is 21.7. The summed E-state index contributed by atoms with van der Waals surface area (Å²) in [7, 11) is 0. The van der Waals surface area contributed by atoms with Crippen LogP contribution in [0.5, 0.6) is 0 Å². The van der Waals surface area contributed by atoms with Gasteiger partial charge in [0, 0.05) is 0 Å². The number of unbranched alkanes of at least 4 members (excludes halogenated alkanes) is 1. The fourth-order valence-electron chi connectivity index (χ4n) is 2.71. The van der Waals surface area contributed by atoms with Crippen LogP contribution in [0.15, 0.2) is 121 Å². The van der Waals surface area contributed by atoms with E-state index in [-0.39, 0.29) is 24.6 Å². The van der Waals surface area contributed by atoms with Crippen LogP contribution in [0.2, 0.25) is 0 Å². The third kappa shape index (κ3) is 8.23. The van der Waals surface area contributed by atoms with Crippen LogP contribution in [0.3, 0.4) is 0 Å². The van der Waals surface area contributed by atoms with Crippen LogP contribution in [-0.2, 0) is 17.0 Å². The molecule has 0 radical (unpaired) electrons. The molecule has 0 atom stereocenters. The van der Waals surface area contributed by atoms with Crippen LogP contribution in [-0.4, -0.2) is 0 Å². The second kappa shape index (κ2) is 15.5. The molecule has 4 heteroatoms. The van der Waals surface area contributed by atoms with E-state index in [1.165, 1.54) is 34.1 Å². The van der Waals surface area contributed by atoms with E-state index in [0.29, 0.717) is 17.0 Å². The van der Waals surface area contributed by atoms with Crippen molar-refractivity contribution in [3.05, 3.63) is 121 Å². The van der Waals surface area contributed by atoms with Gasteiger partial charge in [-0.2, -0.15) is 0 Å². The van der Waals surface area contributed by atoms with E-state index in [1.54, 1.807) is 0 Å². The molecular formula is C28H31ClP2Pd. The molecule has 0 aliphatic carbocycles. The molecule has 0 nitrogen and oxygen atoms in total. The fourth-order valence-corrected chi connectivity index (χ4v) is 18.7. The minimum atomic E-state index is -0.359. The van der Waals surface area contributed by atoms with Gasteiger partial charge < -0.3 is 0 Å². The number of hydrogen-bond acceptors (Lipinski definition) is 0. The first-order valence-electron chi connectivity index (χ1n) is 10.7. The molecule has 0 saturated heterocycles. The fraction of sp³-hybridized carbons (Fsp3) is 0.143. The summed E-state index contributed by atoms with van der Waals surface area (Å²) in [5, 5.41) is 5.92. The predicted molar refractivity (Wildman–Crippen MR) is 146 cm³/mol. The molecule has 32 heavy (non-hydrogen) atoms. The summed E-state index contributed by atoms with van der Waals surface area (Å²) in [4.78, 5) is 0. The Labute approximate surface area is 209 Å². The van der Waals surface area contributed by atoms with Gasteiger partial charge in [-0.3, -0.25) is 0 Å². The van der Waals surface area contributed by atoms with Gasteiger partial charge in [-0.25, -0.2) is 0 Å². The molecule has 4 rings (SSSR count). The molecule has 0 bridgehead atoms. The van der Waals surface area contributed by atoms with Crippen LogP contribution < -0.4 is 21.2 Å². The third-order valence-electron chi connectivity index (χ3n) is 4.49. The van der Waals surface area contributed by atoms with Crippen LogP contribution in [0, 0.1) is 0 Å². The molecule has 0 saturated carbocycles. The van der Waals surface area contributed by atoms with Crippen molar-refractivity contribution in [2.24, 2.45) is 0 Å². The molecule has 0 aliphatic rings. The van der Waals surface area contributed by atoms with Crippen molar-refractivity contribution in [2.45, 2.75) is 26.7 Å².